The van der Waals surface area contributed by atoms with Gasteiger partial charge in [-0.2, -0.15) is 0 Å². The summed E-state index contributed by atoms with van der Waals surface area (Å²) < 4.78 is 0. The minimum atomic E-state index is -0.313. The summed E-state index contributed by atoms with van der Waals surface area (Å²) in [6, 6.07) is 11.4. The lowest BCUT2D eigenvalue weighted by Crippen LogP contribution is -2.32. The van der Waals surface area contributed by atoms with Gasteiger partial charge in [-0.25, -0.2) is 0 Å². The smallest absolute Gasteiger partial charge is 0.182 e. The number of nitrogens with one attached hydrogen (secondary N) is 1. The maximum atomic E-state index is 13.6. The van der Waals surface area contributed by atoms with Gasteiger partial charge in [0.2, 0.25) is 0 Å². The highest BCUT2D eigenvalue weighted by molar-refractivity contribution is 8.93. The summed E-state index contributed by atoms with van der Waals surface area (Å²) >= 11 is 0. The lowest BCUT2D eigenvalue weighted by Gasteiger charge is -2.28. The van der Waals surface area contributed by atoms with E-state index in [2.05, 4.69) is 6.92 Å². The Bertz CT molecular complexity index is 1060. The van der Waals surface area contributed by atoms with Crippen LogP contribution >= 0.6 is 17.0 Å². The molecule has 0 aromatic heterocycles. The molecule has 0 saturated carbocycles. The average molecular weight is 560 g/mol. The van der Waals surface area contributed by atoms with Crippen LogP contribution in [0.2, 0.25) is 0 Å². The molecular formula is C30H43BrN2O3. The van der Waals surface area contributed by atoms with Gasteiger partial charge in [-0.1, -0.05) is 79.2 Å². The molecule has 0 aliphatic carbocycles. The second kappa shape index (κ2) is 11.5. The highest BCUT2D eigenvalue weighted by Crippen LogP contribution is 2.41. The molecule has 36 heavy (non-hydrogen) atoms. The van der Waals surface area contributed by atoms with Crippen molar-refractivity contribution >= 4 is 28.6 Å². The molecule has 0 amide bonds. The van der Waals surface area contributed by atoms with Gasteiger partial charge < -0.3 is 15.1 Å². The minimum absolute atomic E-state index is 0. The van der Waals surface area contributed by atoms with Crippen LogP contribution in [0, 0.1) is 11.3 Å². The van der Waals surface area contributed by atoms with Crippen molar-refractivity contribution in [3.63, 3.8) is 0 Å². The third-order valence-electron chi connectivity index (χ3n) is 7.16. The number of aliphatic hydroxyl groups excluding tert-OH is 1. The number of aromatic hydroxyl groups is 1. The number of phenolic OH excluding ortho intramolecular Hbond substituents is 1. The van der Waals surface area contributed by atoms with E-state index in [1.54, 1.807) is 0 Å². The molecular weight excluding hydrogens is 516 g/mol. The van der Waals surface area contributed by atoms with E-state index in [0.717, 1.165) is 35.1 Å². The van der Waals surface area contributed by atoms with E-state index < -0.39 is 0 Å². The van der Waals surface area contributed by atoms with Gasteiger partial charge in [0, 0.05) is 29.2 Å². The van der Waals surface area contributed by atoms with Gasteiger partial charge in [0.25, 0.3) is 0 Å². The first-order valence-corrected chi connectivity index (χ1v) is 12.7. The summed E-state index contributed by atoms with van der Waals surface area (Å²) in [7, 11) is 0. The molecule has 0 bridgehead atoms. The predicted octanol–water partition coefficient (Wildman–Crippen LogP) is 6.73. The quantitative estimate of drug-likeness (QED) is 0.329. The van der Waals surface area contributed by atoms with Gasteiger partial charge in [-0.05, 0) is 46.4 Å². The zero-order valence-electron chi connectivity index (χ0n) is 22.8. The molecule has 1 aliphatic rings. The Morgan fingerprint density at radius 2 is 1.61 bits per heavy atom. The fourth-order valence-corrected chi connectivity index (χ4v) is 5.27. The molecule has 2 aromatic rings. The molecule has 2 atom stereocenters. The molecule has 1 aliphatic heterocycles. The maximum absolute atomic E-state index is 13.6. The molecule has 198 valence electrons. The third kappa shape index (κ3) is 6.20. The average Bonchev–Trinajstić information content (AvgIpc) is 3.06. The van der Waals surface area contributed by atoms with E-state index in [1.807, 2.05) is 82.8 Å². The van der Waals surface area contributed by atoms with Gasteiger partial charge in [0.05, 0.1) is 13.2 Å². The van der Waals surface area contributed by atoms with Crippen molar-refractivity contribution in [1.82, 2.24) is 4.90 Å². The summed E-state index contributed by atoms with van der Waals surface area (Å²) in [6.45, 7) is 15.1. The number of phenols is 1. The van der Waals surface area contributed by atoms with Gasteiger partial charge in [-0.3, -0.25) is 10.2 Å². The van der Waals surface area contributed by atoms with E-state index in [1.165, 1.54) is 0 Å². The van der Waals surface area contributed by atoms with Crippen molar-refractivity contribution in [3.05, 3.63) is 64.2 Å². The summed E-state index contributed by atoms with van der Waals surface area (Å²) in [4.78, 5) is 15.5. The Hall–Kier alpha value is -2.18. The number of likely N-dealkylation sites (tertiary alicyclic amines) is 1. The summed E-state index contributed by atoms with van der Waals surface area (Å²) in [5.74, 6) is 0.768. The number of Topliss-reactive ketones (excluding diaryl/α,β-unsaturated/α-hetero) is 1. The standard InChI is InChI=1S/C30H42N2O3.BrH/c1-8-11-19-16-32(28(31)26(19)22-13-10-9-12-20(22)18-33)17-25(34)21-14-23(29(2,3)4)27(35)24(15-21)30(5,6)7;/h9-10,12-15,19,26,31,33,35H,8,11,16-18H2,1-7H3;1H/t19-,26-;/m0./s1. The zero-order chi connectivity index (χ0) is 26.1. The van der Waals surface area contributed by atoms with Crippen LogP contribution in [0.3, 0.4) is 0 Å². The number of aliphatic hydroxyl groups is 1. The highest BCUT2D eigenvalue weighted by atomic mass is 79.9. The van der Waals surface area contributed by atoms with Gasteiger partial charge in [0.15, 0.2) is 5.78 Å². The zero-order valence-corrected chi connectivity index (χ0v) is 24.5. The van der Waals surface area contributed by atoms with Gasteiger partial charge in [-0.15, -0.1) is 17.0 Å². The molecule has 1 saturated heterocycles. The molecule has 6 heteroatoms. The Morgan fingerprint density at radius 3 is 2.11 bits per heavy atom. The summed E-state index contributed by atoms with van der Waals surface area (Å²) in [5.41, 5.74) is 3.32. The molecule has 1 fully saturated rings. The van der Waals surface area contributed by atoms with Crippen molar-refractivity contribution in [1.29, 1.82) is 5.41 Å². The number of nitrogens with zero attached hydrogens (tertiary/aromatic N) is 1. The van der Waals surface area contributed by atoms with Crippen molar-refractivity contribution in [2.75, 3.05) is 13.1 Å². The van der Waals surface area contributed by atoms with E-state index >= 15 is 0 Å². The molecule has 0 unspecified atom stereocenters. The number of hydrogen-bond donors (Lipinski definition) is 3. The molecule has 3 N–H and O–H groups in total. The molecule has 0 spiro atoms. The first-order valence-electron chi connectivity index (χ1n) is 12.7. The molecule has 1 heterocycles. The van der Waals surface area contributed by atoms with Crippen molar-refractivity contribution in [2.24, 2.45) is 5.92 Å². The van der Waals surface area contributed by atoms with Gasteiger partial charge >= 0.3 is 0 Å². The number of rotatable bonds is 7. The first kappa shape index (κ1) is 30.0. The van der Waals surface area contributed by atoms with E-state index in [4.69, 9.17) is 5.41 Å². The number of amidine groups is 1. The van der Waals surface area contributed by atoms with E-state index in [9.17, 15) is 15.0 Å². The molecule has 5 nitrogen and oxygen atoms in total. The SMILES string of the molecule is Br.CCC[C@H]1CN(CC(=O)c2cc(C(C)(C)C)c(O)c(C(C)(C)C)c2)C(=N)[C@@H]1c1ccccc1CO. The van der Waals surface area contributed by atoms with Crippen LogP contribution in [0.15, 0.2) is 36.4 Å². The lowest BCUT2D eigenvalue weighted by atomic mass is 9.78. The topological polar surface area (TPSA) is 84.6 Å². The fraction of sp³-hybridized carbons (Fsp3) is 0.533. The Balaban J connectivity index is 0.00000456. The van der Waals surface area contributed by atoms with Crippen LogP contribution in [0.5, 0.6) is 5.75 Å². The van der Waals surface area contributed by atoms with Crippen LogP contribution in [0.25, 0.3) is 0 Å². The minimum Gasteiger partial charge on any atom is -0.507 e. The summed E-state index contributed by atoms with van der Waals surface area (Å²) in [6.07, 6.45) is 1.96. The second-order valence-corrected chi connectivity index (χ2v) is 12.0. The third-order valence-corrected chi connectivity index (χ3v) is 7.16. The number of hydrogen-bond acceptors (Lipinski definition) is 4. The van der Waals surface area contributed by atoms with Crippen LogP contribution in [0.4, 0.5) is 0 Å². The summed E-state index contributed by atoms with van der Waals surface area (Å²) in [5, 5.41) is 29.9. The Morgan fingerprint density at radius 1 is 1.06 bits per heavy atom. The Kier molecular flexibility index (Phi) is 9.58. The maximum Gasteiger partial charge on any atom is 0.182 e. The van der Waals surface area contributed by atoms with E-state index in [-0.39, 0.29) is 64.3 Å². The predicted molar refractivity (Wildman–Crippen MR) is 153 cm³/mol. The van der Waals surface area contributed by atoms with Crippen LogP contribution in [-0.4, -0.2) is 39.8 Å². The number of carbonyl (C=O) groups is 1. The normalized spacial score (nSPS) is 18.3. The number of benzene rings is 2. The second-order valence-electron chi connectivity index (χ2n) is 12.0. The molecule has 2 aromatic carbocycles. The Labute approximate surface area is 227 Å². The lowest BCUT2D eigenvalue weighted by molar-refractivity contribution is 0.0963. The highest BCUT2D eigenvalue weighted by Gasteiger charge is 2.39. The van der Waals surface area contributed by atoms with Crippen LogP contribution in [0.1, 0.15) is 99.8 Å². The van der Waals surface area contributed by atoms with Crippen molar-refractivity contribution in [2.45, 2.75) is 84.7 Å². The largest absolute Gasteiger partial charge is 0.507 e. The van der Waals surface area contributed by atoms with Crippen molar-refractivity contribution < 1.29 is 15.0 Å². The number of carbonyl (C=O) groups excluding carboxylic acids is 1. The molecule has 0 radical (unpaired) electrons. The van der Waals surface area contributed by atoms with Crippen LogP contribution in [-0.2, 0) is 17.4 Å². The van der Waals surface area contributed by atoms with Crippen molar-refractivity contribution in [3.8, 4) is 5.75 Å². The first-order chi connectivity index (χ1) is 16.3. The van der Waals surface area contributed by atoms with E-state index in [0.29, 0.717) is 17.9 Å². The monoisotopic (exact) mass is 558 g/mol. The van der Waals surface area contributed by atoms with Crippen LogP contribution < -0.4 is 0 Å². The van der Waals surface area contributed by atoms with Gasteiger partial charge in [0.1, 0.15) is 11.6 Å². The molecule has 3 rings (SSSR count). The number of halogens is 1. The fourth-order valence-electron chi connectivity index (χ4n) is 5.27. The number of ketones is 1.